The summed E-state index contributed by atoms with van der Waals surface area (Å²) in [5.41, 5.74) is 0. The zero-order chi connectivity index (χ0) is 17.8. The lowest BCUT2D eigenvalue weighted by Gasteiger charge is -2.12. The molecule has 0 heterocycles. The molecule has 1 atom stereocenters. The second-order valence-electron chi connectivity index (χ2n) is 7.13. The minimum absolute atomic E-state index is 0.0429. The summed E-state index contributed by atoms with van der Waals surface area (Å²) in [5, 5.41) is 2.91. The van der Waals surface area contributed by atoms with Crippen LogP contribution in [0.2, 0.25) is 0 Å². The van der Waals surface area contributed by atoms with Gasteiger partial charge in [-0.15, -0.1) is 0 Å². The molecule has 0 saturated heterocycles. The Hall–Kier alpha value is -1.19. The third kappa shape index (κ3) is 11.1. The van der Waals surface area contributed by atoms with Crippen LogP contribution < -0.4 is 5.32 Å². The second kappa shape index (κ2) is 12.3. The van der Waals surface area contributed by atoms with E-state index in [1.165, 1.54) is 0 Å². The van der Waals surface area contributed by atoms with Crippen LogP contribution in [0.3, 0.4) is 0 Å². The number of hydrogen-bond acceptors (Lipinski definition) is 3. The summed E-state index contributed by atoms with van der Waals surface area (Å²) in [4.78, 5) is 34.9. The number of carbonyl (C=O) groups excluding carboxylic acids is 3. The molecule has 0 bridgehead atoms. The molecule has 134 valence electrons. The summed E-state index contributed by atoms with van der Waals surface area (Å²) in [6, 6.07) is 0. The van der Waals surface area contributed by atoms with Gasteiger partial charge in [0.25, 0.3) is 0 Å². The Bertz CT molecular complexity index is 375. The summed E-state index contributed by atoms with van der Waals surface area (Å²) in [5.74, 6) is 0.898. The quantitative estimate of drug-likeness (QED) is 0.522. The topological polar surface area (TPSA) is 63.2 Å². The fraction of sp³-hybridized carbons (Fsp3) is 0.842. The number of rotatable bonds is 13. The van der Waals surface area contributed by atoms with Gasteiger partial charge in [0.2, 0.25) is 5.91 Å². The fourth-order valence-corrected chi connectivity index (χ4v) is 2.49. The zero-order valence-corrected chi connectivity index (χ0v) is 15.6. The molecule has 0 aliphatic heterocycles. The maximum absolute atomic E-state index is 11.8. The van der Waals surface area contributed by atoms with E-state index in [0.29, 0.717) is 25.2 Å². The molecule has 4 nitrogen and oxygen atoms in total. The van der Waals surface area contributed by atoms with Crippen molar-refractivity contribution in [2.45, 2.75) is 79.6 Å². The van der Waals surface area contributed by atoms with Gasteiger partial charge in [-0.1, -0.05) is 41.0 Å². The monoisotopic (exact) mass is 325 g/mol. The first-order valence-electron chi connectivity index (χ1n) is 9.08. The molecule has 1 amide bonds. The molecule has 0 spiro atoms. The maximum atomic E-state index is 11.8. The van der Waals surface area contributed by atoms with Crippen molar-refractivity contribution < 1.29 is 14.4 Å². The maximum Gasteiger partial charge on any atom is 0.219 e. The molecule has 23 heavy (non-hydrogen) atoms. The van der Waals surface area contributed by atoms with Gasteiger partial charge in [-0.25, -0.2) is 0 Å². The van der Waals surface area contributed by atoms with Crippen LogP contribution in [0.1, 0.15) is 79.6 Å². The summed E-state index contributed by atoms with van der Waals surface area (Å²) < 4.78 is 0. The lowest BCUT2D eigenvalue weighted by atomic mass is 9.92. The van der Waals surface area contributed by atoms with Crippen LogP contribution in [0.25, 0.3) is 0 Å². The highest BCUT2D eigenvalue weighted by molar-refractivity contribution is 5.82. The van der Waals surface area contributed by atoms with Crippen molar-refractivity contribution in [2.24, 2.45) is 17.8 Å². The van der Waals surface area contributed by atoms with Crippen molar-refractivity contribution in [3.63, 3.8) is 0 Å². The van der Waals surface area contributed by atoms with E-state index in [4.69, 9.17) is 0 Å². The Morgan fingerprint density at radius 2 is 1.43 bits per heavy atom. The third-order valence-corrected chi connectivity index (χ3v) is 4.16. The minimum Gasteiger partial charge on any atom is -0.356 e. The van der Waals surface area contributed by atoms with Crippen LogP contribution in [0.4, 0.5) is 0 Å². The van der Waals surface area contributed by atoms with Gasteiger partial charge in [-0.3, -0.25) is 14.4 Å². The Balaban J connectivity index is 3.58. The summed E-state index contributed by atoms with van der Waals surface area (Å²) >= 11 is 0. The lowest BCUT2D eigenvalue weighted by Crippen LogP contribution is -2.24. The first kappa shape index (κ1) is 21.8. The summed E-state index contributed by atoms with van der Waals surface area (Å²) in [6.45, 7) is 10.3. The predicted molar refractivity (Wildman–Crippen MR) is 94.2 cm³/mol. The van der Waals surface area contributed by atoms with Gasteiger partial charge in [0.1, 0.15) is 11.6 Å². The van der Waals surface area contributed by atoms with Crippen molar-refractivity contribution in [2.75, 3.05) is 6.54 Å². The summed E-state index contributed by atoms with van der Waals surface area (Å²) in [7, 11) is 0. The van der Waals surface area contributed by atoms with E-state index in [1.807, 2.05) is 34.6 Å². The Morgan fingerprint density at radius 1 is 0.783 bits per heavy atom. The second-order valence-corrected chi connectivity index (χ2v) is 7.13. The van der Waals surface area contributed by atoms with E-state index in [1.54, 1.807) is 0 Å². The number of amides is 1. The van der Waals surface area contributed by atoms with Crippen molar-refractivity contribution in [1.29, 1.82) is 0 Å². The highest BCUT2D eigenvalue weighted by Crippen LogP contribution is 2.13. The Kier molecular flexibility index (Phi) is 11.6. The number of hydrogen-bond donors (Lipinski definition) is 1. The Morgan fingerprint density at radius 3 is 2.00 bits per heavy atom. The molecule has 0 rings (SSSR count). The molecular formula is C19H35NO3. The molecule has 0 saturated carbocycles. The molecule has 0 radical (unpaired) electrons. The normalized spacial score (nSPS) is 12.5. The lowest BCUT2D eigenvalue weighted by molar-refractivity contribution is -0.126. The van der Waals surface area contributed by atoms with E-state index < -0.39 is 0 Å². The van der Waals surface area contributed by atoms with Crippen molar-refractivity contribution >= 4 is 17.5 Å². The molecule has 0 aromatic carbocycles. The van der Waals surface area contributed by atoms with Crippen LogP contribution in [0.5, 0.6) is 0 Å². The van der Waals surface area contributed by atoms with E-state index in [2.05, 4.69) is 5.32 Å². The molecule has 0 fully saturated rings. The van der Waals surface area contributed by atoms with Crippen LogP contribution >= 0.6 is 0 Å². The number of unbranched alkanes of at least 4 members (excludes halogenated alkanes) is 2. The number of nitrogens with one attached hydrogen (secondary N) is 1. The van der Waals surface area contributed by atoms with Gasteiger partial charge in [0, 0.05) is 37.1 Å². The average Bonchev–Trinajstić information content (AvgIpc) is 2.49. The fourth-order valence-electron chi connectivity index (χ4n) is 2.49. The molecule has 4 heteroatoms. The highest BCUT2D eigenvalue weighted by Gasteiger charge is 2.16. The first-order valence-corrected chi connectivity index (χ1v) is 9.08. The van der Waals surface area contributed by atoms with Crippen LogP contribution in [-0.4, -0.2) is 24.0 Å². The minimum atomic E-state index is 0.0429. The number of ketones is 2. The standard InChI is InChI=1S/C19H35NO3/c1-14(2)17(21)11-7-6-8-13-20-18(22)12-9-10-16(5)19(23)15(3)4/h14-16H,6-13H2,1-5H3,(H,20,22). The first-order chi connectivity index (χ1) is 10.8. The van der Waals surface area contributed by atoms with Crippen molar-refractivity contribution in [3.05, 3.63) is 0 Å². The molecule has 0 aromatic rings. The van der Waals surface area contributed by atoms with Gasteiger partial charge in [-0.05, 0) is 25.7 Å². The Labute approximate surface area is 141 Å². The van der Waals surface area contributed by atoms with Gasteiger partial charge in [0.15, 0.2) is 0 Å². The zero-order valence-electron chi connectivity index (χ0n) is 15.6. The van der Waals surface area contributed by atoms with Gasteiger partial charge < -0.3 is 5.32 Å². The van der Waals surface area contributed by atoms with Gasteiger partial charge in [0.05, 0.1) is 0 Å². The van der Waals surface area contributed by atoms with Gasteiger partial charge in [-0.2, -0.15) is 0 Å². The molecular weight excluding hydrogens is 290 g/mol. The molecule has 1 N–H and O–H groups in total. The van der Waals surface area contributed by atoms with E-state index >= 15 is 0 Å². The van der Waals surface area contributed by atoms with E-state index in [0.717, 1.165) is 32.1 Å². The van der Waals surface area contributed by atoms with E-state index in [-0.39, 0.29) is 29.4 Å². The van der Waals surface area contributed by atoms with Crippen LogP contribution in [0, 0.1) is 17.8 Å². The molecule has 0 aliphatic carbocycles. The van der Waals surface area contributed by atoms with Crippen molar-refractivity contribution in [3.8, 4) is 0 Å². The molecule has 0 aromatic heterocycles. The smallest absolute Gasteiger partial charge is 0.219 e. The SMILES string of the molecule is CC(C)C(=O)CCCCCNC(=O)CCCC(C)C(=O)C(C)C. The van der Waals surface area contributed by atoms with E-state index in [9.17, 15) is 14.4 Å². The summed E-state index contributed by atoms with van der Waals surface area (Å²) in [6.07, 6.45) is 5.46. The number of carbonyl (C=O) groups is 3. The molecule has 0 aliphatic rings. The highest BCUT2D eigenvalue weighted by atomic mass is 16.1. The number of Topliss-reactive ketones (excluding diaryl/α,β-unsaturated/α-hetero) is 2. The molecule has 1 unspecified atom stereocenters. The van der Waals surface area contributed by atoms with Crippen LogP contribution in [-0.2, 0) is 14.4 Å². The largest absolute Gasteiger partial charge is 0.356 e. The third-order valence-electron chi connectivity index (χ3n) is 4.16. The predicted octanol–water partition coefficient (Wildman–Crippen LogP) is 3.92. The van der Waals surface area contributed by atoms with Crippen molar-refractivity contribution in [1.82, 2.24) is 5.32 Å². The van der Waals surface area contributed by atoms with Gasteiger partial charge >= 0.3 is 0 Å². The van der Waals surface area contributed by atoms with Crippen LogP contribution in [0.15, 0.2) is 0 Å². The average molecular weight is 325 g/mol.